The van der Waals surface area contributed by atoms with Gasteiger partial charge in [0.15, 0.2) is 0 Å². The maximum Gasteiger partial charge on any atom is 0.494 e. The van der Waals surface area contributed by atoms with E-state index >= 15 is 0 Å². The Morgan fingerprint density at radius 1 is 0.962 bits per heavy atom. The number of likely N-dealkylation sites (tertiary alicyclic amines) is 1. The van der Waals surface area contributed by atoms with Crippen molar-refractivity contribution < 1.29 is 14.1 Å². The summed E-state index contributed by atoms with van der Waals surface area (Å²) in [6, 6.07) is 8.12. The fourth-order valence-corrected chi connectivity index (χ4v) is 3.97. The molecule has 26 heavy (non-hydrogen) atoms. The van der Waals surface area contributed by atoms with E-state index in [2.05, 4.69) is 27.7 Å². The first kappa shape index (κ1) is 18.1. The average Bonchev–Trinajstić information content (AvgIpc) is 3.29. The molecule has 4 nitrogen and oxygen atoms in total. The normalized spacial score (nSPS) is 25.5. The van der Waals surface area contributed by atoms with Gasteiger partial charge in [0.05, 0.1) is 17.6 Å². The van der Waals surface area contributed by atoms with E-state index in [0.717, 1.165) is 24.1 Å². The maximum atomic E-state index is 12.6. The first-order valence-corrected chi connectivity index (χ1v) is 9.92. The van der Waals surface area contributed by atoms with Crippen molar-refractivity contribution in [2.24, 2.45) is 5.41 Å². The minimum Gasteiger partial charge on any atom is -0.399 e. The highest BCUT2D eigenvalue weighted by molar-refractivity contribution is 6.62. The fraction of sp³-hybridized carbons (Fsp3) is 0.667. The number of hydrogen-bond acceptors (Lipinski definition) is 3. The number of nitrogens with zero attached hydrogens (tertiary/aromatic N) is 1. The van der Waals surface area contributed by atoms with Crippen LogP contribution in [-0.2, 0) is 20.5 Å². The molecule has 0 N–H and O–H groups in total. The van der Waals surface area contributed by atoms with E-state index in [1.165, 1.54) is 25.7 Å². The lowest BCUT2D eigenvalue weighted by Crippen LogP contribution is -2.41. The number of rotatable bonds is 3. The predicted molar refractivity (Wildman–Crippen MR) is 103 cm³/mol. The van der Waals surface area contributed by atoms with E-state index < -0.39 is 0 Å². The summed E-state index contributed by atoms with van der Waals surface area (Å²) in [5.74, 6) is 0.254. The molecule has 1 saturated carbocycles. The average molecular weight is 355 g/mol. The molecule has 5 heteroatoms. The van der Waals surface area contributed by atoms with Crippen LogP contribution in [0.1, 0.15) is 58.9 Å². The van der Waals surface area contributed by atoms with Crippen molar-refractivity contribution in [1.29, 1.82) is 0 Å². The summed E-state index contributed by atoms with van der Waals surface area (Å²) < 4.78 is 12.2. The molecule has 1 aliphatic carbocycles. The van der Waals surface area contributed by atoms with Crippen LogP contribution in [0.5, 0.6) is 0 Å². The van der Waals surface area contributed by atoms with Gasteiger partial charge in [0, 0.05) is 13.1 Å². The van der Waals surface area contributed by atoms with Crippen LogP contribution in [0.3, 0.4) is 0 Å². The Morgan fingerprint density at radius 2 is 1.50 bits per heavy atom. The molecule has 1 amide bonds. The zero-order valence-electron chi connectivity index (χ0n) is 16.5. The van der Waals surface area contributed by atoms with Crippen LogP contribution in [0, 0.1) is 5.41 Å². The Hall–Kier alpha value is -1.33. The van der Waals surface area contributed by atoms with Crippen molar-refractivity contribution in [2.45, 2.75) is 71.0 Å². The molecule has 3 fully saturated rings. The lowest BCUT2D eigenvalue weighted by molar-refractivity contribution is -0.132. The molecule has 2 aliphatic heterocycles. The van der Waals surface area contributed by atoms with E-state index in [-0.39, 0.29) is 24.2 Å². The van der Waals surface area contributed by atoms with Gasteiger partial charge in [0.25, 0.3) is 0 Å². The van der Waals surface area contributed by atoms with Gasteiger partial charge in [-0.05, 0) is 69.8 Å². The molecular weight excluding hydrogens is 325 g/mol. The SMILES string of the molecule is CC1(C)OB(c2ccc(CC(=O)N3CCC4(CC3)CC4)cc2)OC1(C)C. The molecule has 0 atom stereocenters. The molecule has 3 aliphatic rings. The summed E-state index contributed by atoms with van der Waals surface area (Å²) >= 11 is 0. The lowest BCUT2D eigenvalue weighted by Gasteiger charge is -2.32. The van der Waals surface area contributed by atoms with Gasteiger partial charge < -0.3 is 14.2 Å². The Bertz CT molecular complexity index is 668. The molecule has 1 aromatic carbocycles. The molecule has 0 unspecified atom stereocenters. The first-order valence-electron chi connectivity index (χ1n) is 9.92. The van der Waals surface area contributed by atoms with E-state index in [0.29, 0.717) is 11.8 Å². The molecule has 0 aromatic heterocycles. The predicted octanol–water partition coefficient (Wildman–Crippen LogP) is 2.93. The van der Waals surface area contributed by atoms with E-state index in [4.69, 9.17) is 9.31 Å². The smallest absolute Gasteiger partial charge is 0.399 e. The third kappa shape index (κ3) is 3.32. The summed E-state index contributed by atoms with van der Waals surface area (Å²) in [5, 5.41) is 0. The van der Waals surface area contributed by atoms with Crippen molar-refractivity contribution in [3.05, 3.63) is 29.8 Å². The maximum absolute atomic E-state index is 12.6. The zero-order chi connectivity index (χ0) is 18.6. The standard InChI is InChI=1S/C21H30BNO3/c1-19(2)20(3,4)26-22(25-19)17-7-5-16(6-8-17)15-18(24)23-13-11-21(9-10-21)12-14-23/h5-8H,9-15H2,1-4H3. The highest BCUT2D eigenvalue weighted by Crippen LogP contribution is 2.53. The molecule has 0 bridgehead atoms. The van der Waals surface area contributed by atoms with Crippen LogP contribution in [0.15, 0.2) is 24.3 Å². The number of carbonyl (C=O) groups excluding carboxylic acids is 1. The summed E-state index contributed by atoms with van der Waals surface area (Å²) in [4.78, 5) is 14.6. The van der Waals surface area contributed by atoms with E-state index in [1.54, 1.807) is 0 Å². The second-order valence-corrected chi connectivity index (χ2v) is 9.39. The quantitative estimate of drug-likeness (QED) is 0.783. The topological polar surface area (TPSA) is 38.8 Å². The van der Waals surface area contributed by atoms with Crippen LogP contribution in [-0.4, -0.2) is 42.2 Å². The van der Waals surface area contributed by atoms with Crippen LogP contribution in [0.25, 0.3) is 0 Å². The molecule has 1 aromatic rings. The van der Waals surface area contributed by atoms with Crippen molar-refractivity contribution in [2.75, 3.05) is 13.1 Å². The molecule has 4 rings (SSSR count). The second-order valence-electron chi connectivity index (χ2n) is 9.39. The molecule has 2 saturated heterocycles. The summed E-state index contributed by atoms with van der Waals surface area (Å²) in [5.41, 5.74) is 2.01. The summed E-state index contributed by atoms with van der Waals surface area (Å²) in [6.45, 7) is 10.1. The minimum atomic E-state index is -0.346. The van der Waals surface area contributed by atoms with E-state index in [9.17, 15) is 4.79 Å². The van der Waals surface area contributed by atoms with Gasteiger partial charge >= 0.3 is 7.12 Å². The minimum absolute atomic E-state index is 0.254. The molecule has 0 radical (unpaired) electrons. The summed E-state index contributed by atoms with van der Waals surface area (Å²) in [6.07, 6.45) is 5.61. The van der Waals surface area contributed by atoms with Crippen LogP contribution in [0.2, 0.25) is 0 Å². The Kier molecular flexibility index (Phi) is 4.24. The molecule has 2 heterocycles. The van der Waals surface area contributed by atoms with Crippen molar-refractivity contribution in [3.8, 4) is 0 Å². The lowest BCUT2D eigenvalue weighted by atomic mass is 9.79. The van der Waals surface area contributed by atoms with Gasteiger partial charge in [-0.15, -0.1) is 0 Å². The Labute approximate surface area is 157 Å². The van der Waals surface area contributed by atoms with Crippen molar-refractivity contribution in [1.82, 2.24) is 4.90 Å². The third-order valence-corrected chi connectivity index (χ3v) is 6.99. The van der Waals surface area contributed by atoms with Crippen LogP contribution >= 0.6 is 0 Å². The Morgan fingerprint density at radius 3 is 2.00 bits per heavy atom. The van der Waals surface area contributed by atoms with Crippen molar-refractivity contribution in [3.63, 3.8) is 0 Å². The molecule has 140 valence electrons. The van der Waals surface area contributed by atoms with Gasteiger partial charge in [0.1, 0.15) is 0 Å². The number of piperidine rings is 1. The van der Waals surface area contributed by atoms with Crippen molar-refractivity contribution >= 4 is 18.5 Å². The largest absolute Gasteiger partial charge is 0.494 e. The number of amides is 1. The molecular formula is C21H30BNO3. The molecule has 1 spiro atoms. The zero-order valence-corrected chi connectivity index (χ0v) is 16.5. The highest BCUT2D eigenvalue weighted by Gasteiger charge is 2.51. The highest BCUT2D eigenvalue weighted by atomic mass is 16.7. The Balaban J connectivity index is 1.35. The monoisotopic (exact) mass is 355 g/mol. The van der Waals surface area contributed by atoms with Crippen LogP contribution in [0.4, 0.5) is 0 Å². The fourth-order valence-electron chi connectivity index (χ4n) is 3.97. The van der Waals surface area contributed by atoms with Gasteiger partial charge in [0.2, 0.25) is 5.91 Å². The number of benzene rings is 1. The number of carbonyl (C=O) groups is 1. The third-order valence-electron chi connectivity index (χ3n) is 6.99. The number of hydrogen-bond donors (Lipinski definition) is 0. The van der Waals surface area contributed by atoms with Crippen LogP contribution < -0.4 is 5.46 Å². The first-order chi connectivity index (χ1) is 12.2. The van der Waals surface area contributed by atoms with Gasteiger partial charge in [-0.3, -0.25) is 4.79 Å². The second kappa shape index (κ2) is 6.10. The van der Waals surface area contributed by atoms with E-state index in [1.807, 2.05) is 29.2 Å². The van der Waals surface area contributed by atoms with Gasteiger partial charge in [-0.2, -0.15) is 0 Å². The summed E-state index contributed by atoms with van der Waals surface area (Å²) in [7, 11) is -0.346. The van der Waals surface area contributed by atoms with Gasteiger partial charge in [-0.25, -0.2) is 0 Å². The van der Waals surface area contributed by atoms with Gasteiger partial charge in [-0.1, -0.05) is 24.3 Å².